The molecule has 2 aliphatic carbocycles. The van der Waals surface area contributed by atoms with Crippen LogP contribution in [0.3, 0.4) is 0 Å². The lowest BCUT2D eigenvalue weighted by molar-refractivity contribution is 0.457. The maximum absolute atomic E-state index is 4.03. The minimum Gasteiger partial charge on any atom is -0.375 e. The van der Waals surface area contributed by atoms with Crippen LogP contribution in [0.1, 0.15) is 57.9 Å². The van der Waals surface area contributed by atoms with Gasteiger partial charge in [-0.15, -0.1) is 0 Å². The third kappa shape index (κ3) is 3.25. The van der Waals surface area contributed by atoms with Crippen LogP contribution in [-0.2, 0) is 0 Å². The van der Waals surface area contributed by atoms with Crippen LogP contribution in [0.5, 0.6) is 0 Å². The van der Waals surface area contributed by atoms with E-state index in [1.165, 1.54) is 36.9 Å². The van der Waals surface area contributed by atoms with Crippen LogP contribution in [0.25, 0.3) is 5.57 Å². The molecule has 1 heteroatoms. The van der Waals surface area contributed by atoms with Gasteiger partial charge in [0, 0.05) is 5.69 Å². The summed E-state index contributed by atoms with van der Waals surface area (Å²) in [5, 5.41) is 4.03. The minimum atomic E-state index is 0.0695. The predicted molar refractivity (Wildman–Crippen MR) is 117 cm³/mol. The fraction of sp³-hybridized carbons (Fsp3) is 0.385. The second-order valence-electron chi connectivity index (χ2n) is 7.97. The van der Waals surface area contributed by atoms with Crippen molar-refractivity contribution in [2.75, 3.05) is 5.32 Å². The summed E-state index contributed by atoms with van der Waals surface area (Å²) in [6, 6.07) is 21.9. The van der Waals surface area contributed by atoms with Crippen molar-refractivity contribution in [1.82, 2.24) is 0 Å². The highest BCUT2D eigenvalue weighted by atomic mass is 15.0. The number of hydrogen-bond donors (Lipinski definition) is 1. The Morgan fingerprint density at radius 3 is 2.41 bits per heavy atom. The van der Waals surface area contributed by atoms with Gasteiger partial charge in [-0.3, -0.25) is 0 Å². The van der Waals surface area contributed by atoms with E-state index in [9.17, 15) is 0 Å². The SMILES string of the molecule is CC/C=C(\CC)C1=C(c2ccccc2)[C@]2(Nc3ccccc3)CCC[C@@H]2C1. The van der Waals surface area contributed by atoms with E-state index < -0.39 is 0 Å². The number of anilines is 1. The summed E-state index contributed by atoms with van der Waals surface area (Å²) in [5.74, 6) is 0.690. The molecular formula is C26H31N. The molecule has 2 atom stereocenters. The summed E-state index contributed by atoms with van der Waals surface area (Å²) < 4.78 is 0. The number of benzene rings is 2. The number of para-hydroxylation sites is 1. The monoisotopic (exact) mass is 357 g/mol. The summed E-state index contributed by atoms with van der Waals surface area (Å²) in [6.07, 6.45) is 9.75. The van der Waals surface area contributed by atoms with Crippen LogP contribution >= 0.6 is 0 Å². The average molecular weight is 358 g/mol. The first kappa shape index (κ1) is 18.1. The van der Waals surface area contributed by atoms with Crippen LogP contribution in [-0.4, -0.2) is 5.54 Å². The first-order valence-electron chi connectivity index (χ1n) is 10.6. The van der Waals surface area contributed by atoms with E-state index in [1.54, 1.807) is 16.7 Å². The second-order valence-corrected chi connectivity index (χ2v) is 7.97. The molecule has 1 nitrogen and oxygen atoms in total. The fourth-order valence-corrected chi connectivity index (χ4v) is 5.36. The maximum Gasteiger partial charge on any atom is 0.0665 e. The average Bonchev–Trinajstić information content (AvgIpc) is 3.23. The molecule has 1 saturated carbocycles. The molecule has 0 aromatic heterocycles. The van der Waals surface area contributed by atoms with Crippen LogP contribution in [0.4, 0.5) is 5.69 Å². The zero-order valence-corrected chi connectivity index (χ0v) is 16.7. The van der Waals surface area contributed by atoms with E-state index >= 15 is 0 Å². The molecule has 2 aromatic rings. The maximum atomic E-state index is 4.03. The Morgan fingerprint density at radius 1 is 1.04 bits per heavy atom. The molecule has 27 heavy (non-hydrogen) atoms. The van der Waals surface area contributed by atoms with E-state index in [0.717, 1.165) is 12.8 Å². The molecule has 0 bridgehead atoms. The normalized spacial score (nSPS) is 25.0. The van der Waals surface area contributed by atoms with Crippen molar-refractivity contribution in [3.63, 3.8) is 0 Å². The molecule has 1 N–H and O–H groups in total. The fourth-order valence-electron chi connectivity index (χ4n) is 5.36. The van der Waals surface area contributed by atoms with E-state index in [4.69, 9.17) is 0 Å². The third-order valence-electron chi connectivity index (χ3n) is 6.44. The van der Waals surface area contributed by atoms with Gasteiger partial charge in [0.25, 0.3) is 0 Å². The van der Waals surface area contributed by atoms with Gasteiger partial charge in [-0.25, -0.2) is 0 Å². The van der Waals surface area contributed by atoms with Gasteiger partial charge in [-0.2, -0.15) is 0 Å². The van der Waals surface area contributed by atoms with Gasteiger partial charge in [0.2, 0.25) is 0 Å². The van der Waals surface area contributed by atoms with Crippen molar-refractivity contribution in [3.8, 4) is 0 Å². The van der Waals surface area contributed by atoms with Gasteiger partial charge >= 0.3 is 0 Å². The third-order valence-corrected chi connectivity index (χ3v) is 6.44. The summed E-state index contributed by atoms with van der Waals surface area (Å²) in [4.78, 5) is 0. The molecule has 0 spiro atoms. The zero-order valence-electron chi connectivity index (χ0n) is 16.7. The first-order chi connectivity index (χ1) is 13.3. The van der Waals surface area contributed by atoms with Gasteiger partial charge in [0.05, 0.1) is 5.54 Å². The molecular weight excluding hydrogens is 326 g/mol. The van der Waals surface area contributed by atoms with Crippen molar-refractivity contribution in [2.24, 2.45) is 5.92 Å². The highest BCUT2D eigenvalue weighted by Crippen LogP contribution is 2.57. The largest absolute Gasteiger partial charge is 0.375 e. The molecule has 140 valence electrons. The molecule has 1 fully saturated rings. The second kappa shape index (κ2) is 7.76. The van der Waals surface area contributed by atoms with Gasteiger partial charge in [-0.1, -0.05) is 74.9 Å². The van der Waals surface area contributed by atoms with Crippen molar-refractivity contribution < 1.29 is 0 Å². The Morgan fingerprint density at radius 2 is 1.74 bits per heavy atom. The minimum absolute atomic E-state index is 0.0695. The van der Waals surface area contributed by atoms with Crippen LogP contribution in [0, 0.1) is 5.92 Å². The number of nitrogens with one attached hydrogen (secondary N) is 1. The van der Waals surface area contributed by atoms with Gasteiger partial charge in [-0.05, 0) is 72.4 Å². The highest BCUT2D eigenvalue weighted by Gasteiger charge is 2.51. The lowest BCUT2D eigenvalue weighted by Gasteiger charge is -2.36. The lowest BCUT2D eigenvalue weighted by atomic mass is 9.81. The molecule has 4 rings (SSSR count). The van der Waals surface area contributed by atoms with Crippen molar-refractivity contribution in [3.05, 3.63) is 83.4 Å². The van der Waals surface area contributed by atoms with E-state index in [2.05, 4.69) is 85.9 Å². The zero-order chi connectivity index (χ0) is 18.7. The number of allylic oxidation sites excluding steroid dienone is 3. The van der Waals surface area contributed by atoms with E-state index in [-0.39, 0.29) is 5.54 Å². The van der Waals surface area contributed by atoms with Crippen molar-refractivity contribution in [1.29, 1.82) is 0 Å². The Balaban J connectivity index is 1.88. The summed E-state index contributed by atoms with van der Waals surface area (Å²) >= 11 is 0. The molecule has 0 heterocycles. The van der Waals surface area contributed by atoms with Crippen molar-refractivity contribution in [2.45, 2.75) is 57.9 Å². The molecule has 0 amide bonds. The quantitative estimate of drug-likeness (QED) is 0.574. The molecule has 0 radical (unpaired) electrons. The Bertz CT molecular complexity index is 831. The first-order valence-corrected chi connectivity index (χ1v) is 10.6. The Kier molecular flexibility index (Phi) is 5.20. The topological polar surface area (TPSA) is 12.0 Å². The summed E-state index contributed by atoms with van der Waals surface area (Å²) in [5.41, 5.74) is 7.45. The van der Waals surface area contributed by atoms with Gasteiger partial charge in [0.1, 0.15) is 0 Å². The molecule has 2 aromatic carbocycles. The summed E-state index contributed by atoms with van der Waals surface area (Å²) in [6.45, 7) is 4.56. The van der Waals surface area contributed by atoms with E-state index in [1.807, 2.05) is 0 Å². The number of hydrogen-bond acceptors (Lipinski definition) is 1. The highest BCUT2D eigenvalue weighted by molar-refractivity contribution is 5.85. The molecule has 0 saturated heterocycles. The Labute approximate surface area is 164 Å². The standard InChI is InChI=1S/C26H31N/c1-3-12-20(4-2)24-19-22-15-11-18-26(22,27-23-16-9-6-10-17-23)25(24)21-13-7-5-8-14-21/h5-10,12-14,16-17,22,27H,3-4,11,15,18-19H2,1-2H3/b20-12+/t22-,26+/m1/s1. The Hall–Kier alpha value is -2.28. The lowest BCUT2D eigenvalue weighted by Crippen LogP contribution is -2.40. The van der Waals surface area contributed by atoms with Crippen LogP contribution in [0.15, 0.2) is 77.9 Å². The smallest absolute Gasteiger partial charge is 0.0665 e. The van der Waals surface area contributed by atoms with Gasteiger partial charge < -0.3 is 5.32 Å². The molecule has 2 aliphatic rings. The van der Waals surface area contributed by atoms with Crippen LogP contribution < -0.4 is 5.32 Å². The van der Waals surface area contributed by atoms with Crippen LogP contribution in [0.2, 0.25) is 0 Å². The number of fused-ring (bicyclic) bond motifs is 1. The van der Waals surface area contributed by atoms with E-state index in [0.29, 0.717) is 5.92 Å². The van der Waals surface area contributed by atoms with Crippen molar-refractivity contribution >= 4 is 11.3 Å². The number of rotatable bonds is 6. The summed E-state index contributed by atoms with van der Waals surface area (Å²) in [7, 11) is 0. The predicted octanol–water partition coefficient (Wildman–Crippen LogP) is 7.24. The van der Waals surface area contributed by atoms with Gasteiger partial charge in [0.15, 0.2) is 0 Å². The molecule has 0 unspecified atom stereocenters. The molecule has 0 aliphatic heterocycles.